The number of nitrogen functional groups attached to an aromatic ring is 1. The first kappa shape index (κ1) is 14.6. The molecule has 0 bridgehead atoms. The van der Waals surface area contributed by atoms with E-state index in [-0.39, 0.29) is 15.6 Å². The topological polar surface area (TPSA) is 72.2 Å². The van der Waals surface area contributed by atoms with Crippen molar-refractivity contribution in [2.75, 3.05) is 5.73 Å². The zero-order valence-corrected chi connectivity index (χ0v) is 12.0. The molecule has 96 valence electrons. The predicted octanol–water partition coefficient (Wildman–Crippen LogP) is 2.65. The van der Waals surface area contributed by atoms with Crippen molar-refractivity contribution in [1.29, 1.82) is 0 Å². The van der Waals surface area contributed by atoms with E-state index in [1.54, 1.807) is 20.8 Å². The highest BCUT2D eigenvalue weighted by molar-refractivity contribution is 7.89. The third kappa shape index (κ3) is 3.74. The van der Waals surface area contributed by atoms with Crippen molar-refractivity contribution >= 4 is 38.9 Å². The third-order valence-electron chi connectivity index (χ3n) is 1.75. The van der Waals surface area contributed by atoms with E-state index < -0.39 is 15.6 Å². The Morgan fingerprint density at radius 1 is 1.24 bits per heavy atom. The van der Waals surface area contributed by atoms with Crippen molar-refractivity contribution in [2.24, 2.45) is 0 Å². The van der Waals surface area contributed by atoms with Crippen LogP contribution in [0.5, 0.6) is 0 Å². The lowest BCUT2D eigenvalue weighted by molar-refractivity contribution is 0.492. The first-order valence-corrected chi connectivity index (χ1v) is 7.05. The maximum Gasteiger partial charge on any atom is 0.244 e. The normalized spacial score (nSPS) is 12.8. The molecule has 0 aliphatic carbocycles. The van der Waals surface area contributed by atoms with E-state index in [9.17, 15) is 8.42 Å². The van der Waals surface area contributed by atoms with Crippen LogP contribution in [-0.4, -0.2) is 14.0 Å². The SMILES string of the molecule is CC(C)(C)NS(=O)(=O)c1c(N)cc(Cl)cc1Cl. The van der Waals surface area contributed by atoms with E-state index in [0.29, 0.717) is 5.02 Å². The average molecular weight is 297 g/mol. The van der Waals surface area contributed by atoms with Crippen molar-refractivity contribution in [3.8, 4) is 0 Å². The lowest BCUT2D eigenvalue weighted by atomic mass is 10.1. The van der Waals surface area contributed by atoms with Gasteiger partial charge < -0.3 is 5.73 Å². The maximum atomic E-state index is 12.1. The van der Waals surface area contributed by atoms with E-state index >= 15 is 0 Å². The van der Waals surface area contributed by atoms with Gasteiger partial charge in [0.05, 0.1) is 10.7 Å². The summed E-state index contributed by atoms with van der Waals surface area (Å²) >= 11 is 11.6. The Kier molecular flexibility index (Phi) is 3.98. The molecule has 0 saturated heterocycles. The van der Waals surface area contributed by atoms with Gasteiger partial charge in [-0.15, -0.1) is 0 Å². The highest BCUT2D eigenvalue weighted by Gasteiger charge is 2.26. The van der Waals surface area contributed by atoms with Crippen LogP contribution in [0.15, 0.2) is 17.0 Å². The van der Waals surface area contributed by atoms with Crippen LogP contribution in [0.4, 0.5) is 5.69 Å². The molecule has 3 N–H and O–H groups in total. The predicted molar refractivity (Wildman–Crippen MR) is 70.9 cm³/mol. The molecular formula is C10H14Cl2N2O2S. The van der Waals surface area contributed by atoms with Crippen molar-refractivity contribution in [1.82, 2.24) is 4.72 Å². The van der Waals surface area contributed by atoms with Crippen LogP contribution in [0.2, 0.25) is 10.0 Å². The van der Waals surface area contributed by atoms with Crippen molar-refractivity contribution < 1.29 is 8.42 Å². The number of halogens is 2. The number of hydrogen-bond acceptors (Lipinski definition) is 3. The van der Waals surface area contributed by atoms with Gasteiger partial charge in [0.25, 0.3) is 0 Å². The Morgan fingerprint density at radius 2 is 1.76 bits per heavy atom. The number of hydrogen-bond donors (Lipinski definition) is 2. The van der Waals surface area contributed by atoms with Gasteiger partial charge in [-0.25, -0.2) is 13.1 Å². The zero-order chi connectivity index (χ0) is 13.4. The van der Waals surface area contributed by atoms with Gasteiger partial charge in [-0.05, 0) is 32.9 Å². The molecule has 0 amide bonds. The minimum Gasteiger partial charge on any atom is -0.398 e. The van der Waals surface area contributed by atoms with Crippen LogP contribution in [0.3, 0.4) is 0 Å². The van der Waals surface area contributed by atoms with Gasteiger partial charge in [-0.1, -0.05) is 23.2 Å². The number of anilines is 1. The van der Waals surface area contributed by atoms with Gasteiger partial charge in [0, 0.05) is 10.6 Å². The van der Waals surface area contributed by atoms with Gasteiger partial charge >= 0.3 is 0 Å². The van der Waals surface area contributed by atoms with E-state index in [2.05, 4.69) is 4.72 Å². The summed E-state index contributed by atoms with van der Waals surface area (Å²) in [6.07, 6.45) is 0. The highest BCUT2D eigenvalue weighted by Crippen LogP contribution is 2.31. The summed E-state index contributed by atoms with van der Waals surface area (Å²) in [5.74, 6) is 0. The van der Waals surface area contributed by atoms with E-state index in [1.165, 1.54) is 12.1 Å². The lowest BCUT2D eigenvalue weighted by Gasteiger charge is -2.21. The van der Waals surface area contributed by atoms with E-state index in [4.69, 9.17) is 28.9 Å². The van der Waals surface area contributed by atoms with Crippen LogP contribution in [0.25, 0.3) is 0 Å². The van der Waals surface area contributed by atoms with Crippen LogP contribution in [-0.2, 0) is 10.0 Å². The molecule has 0 fully saturated rings. The summed E-state index contributed by atoms with van der Waals surface area (Å²) in [6.45, 7) is 5.18. The minimum atomic E-state index is -3.76. The number of rotatable bonds is 2. The van der Waals surface area contributed by atoms with Crippen LogP contribution >= 0.6 is 23.2 Å². The second kappa shape index (κ2) is 4.65. The zero-order valence-electron chi connectivity index (χ0n) is 9.71. The van der Waals surface area contributed by atoms with Gasteiger partial charge in [0.2, 0.25) is 10.0 Å². The summed E-state index contributed by atoms with van der Waals surface area (Å²) in [6, 6.07) is 2.70. The molecule has 1 aromatic rings. The molecule has 0 saturated carbocycles. The monoisotopic (exact) mass is 296 g/mol. The van der Waals surface area contributed by atoms with Gasteiger partial charge in [0.15, 0.2) is 0 Å². The summed E-state index contributed by atoms with van der Waals surface area (Å²) in [5.41, 5.74) is 5.05. The molecule has 0 aromatic heterocycles. The lowest BCUT2D eigenvalue weighted by Crippen LogP contribution is -2.40. The molecule has 17 heavy (non-hydrogen) atoms. The summed E-state index contributed by atoms with van der Waals surface area (Å²) in [4.78, 5) is -0.140. The van der Waals surface area contributed by atoms with E-state index in [0.717, 1.165) is 0 Å². The highest BCUT2D eigenvalue weighted by atomic mass is 35.5. The number of nitrogens with one attached hydrogen (secondary N) is 1. The molecule has 0 aliphatic rings. The van der Waals surface area contributed by atoms with Gasteiger partial charge in [0.1, 0.15) is 4.90 Å². The summed E-state index contributed by atoms with van der Waals surface area (Å²) in [5, 5.41) is 0.300. The van der Waals surface area contributed by atoms with Crippen LogP contribution < -0.4 is 10.5 Å². The van der Waals surface area contributed by atoms with Crippen molar-refractivity contribution in [2.45, 2.75) is 31.2 Å². The largest absolute Gasteiger partial charge is 0.398 e. The molecule has 0 radical (unpaired) electrons. The fourth-order valence-electron chi connectivity index (χ4n) is 1.32. The first-order chi connectivity index (χ1) is 7.53. The standard InChI is InChI=1S/C10H14Cl2N2O2S/c1-10(2,3)14-17(15,16)9-7(12)4-6(11)5-8(9)13/h4-5,14H,13H2,1-3H3. The van der Waals surface area contributed by atoms with Crippen molar-refractivity contribution in [3.63, 3.8) is 0 Å². The fraction of sp³-hybridized carbons (Fsp3) is 0.400. The number of nitrogens with two attached hydrogens (primary N) is 1. The Bertz CT molecular complexity index is 513. The van der Waals surface area contributed by atoms with Crippen molar-refractivity contribution in [3.05, 3.63) is 22.2 Å². The molecule has 0 aliphatic heterocycles. The number of sulfonamides is 1. The first-order valence-electron chi connectivity index (χ1n) is 4.81. The molecule has 0 unspecified atom stereocenters. The molecule has 7 heteroatoms. The molecule has 0 spiro atoms. The smallest absolute Gasteiger partial charge is 0.244 e. The average Bonchev–Trinajstić information content (AvgIpc) is 1.93. The fourth-order valence-corrected chi connectivity index (χ4v) is 3.72. The van der Waals surface area contributed by atoms with Crippen LogP contribution in [0, 0.1) is 0 Å². The summed E-state index contributed by atoms with van der Waals surface area (Å²) in [7, 11) is -3.76. The Morgan fingerprint density at radius 3 is 2.18 bits per heavy atom. The molecule has 1 rings (SSSR count). The molecule has 4 nitrogen and oxygen atoms in total. The number of benzene rings is 1. The molecular weight excluding hydrogens is 283 g/mol. The van der Waals surface area contributed by atoms with Gasteiger partial charge in [-0.3, -0.25) is 0 Å². The Balaban J connectivity index is 3.35. The van der Waals surface area contributed by atoms with Gasteiger partial charge in [-0.2, -0.15) is 0 Å². The maximum absolute atomic E-state index is 12.1. The molecule has 0 atom stereocenters. The quantitative estimate of drug-likeness (QED) is 0.824. The second-order valence-corrected chi connectivity index (χ2v) is 7.12. The summed E-state index contributed by atoms with van der Waals surface area (Å²) < 4.78 is 26.6. The molecule has 1 aromatic carbocycles. The van der Waals surface area contributed by atoms with E-state index in [1.807, 2.05) is 0 Å². The Hall–Kier alpha value is -0.490. The second-order valence-electron chi connectivity index (χ2n) is 4.66. The van der Waals surface area contributed by atoms with Crippen LogP contribution in [0.1, 0.15) is 20.8 Å². The molecule has 0 heterocycles. The third-order valence-corrected chi connectivity index (χ3v) is 4.25. The minimum absolute atomic E-state index is 0.00625. The Labute approximate surface area is 111 Å².